The summed E-state index contributed by atoms with van der Waals surface area (Å²) in [4.78, 5) is 35.6. The van der Waals surface area contributed by atoms with Crippen molar-refractivity contribution in [1.29, 1.82) is 0 Å². The Labute approximate surface area is 258 Å². The molecule has 0 bridgehead atoms. The molecule has 0 atom stereocenters. The number of allylic oxidation sites excluding steroid dienone is 3. The Morgan fingerprint density at radius 1 is 0.956 bits per heavy atom. The fourth-order valence-electron chi connectivity index (χ4n) is 3.27. The number of carbonyl (C=O) groups excluding carboxylic acids is 3. The zero-order valence-corrected chi connectivity index (χ0v) is 25.1. The molecule has 14 nitrogen and oxygen atoms in total. The first-order valence-electron chi connectivity index (χ1n) is 12.6. The number of aliphatic hydroxyl groups is 1. The Bertz CT molecular complexity index is 1720. The number of amides is 1. The molecule has 0 aliphatic rings. The molecule has 1 aromatic heterocycles. The Morgan fingerprint density at radius 3 is 2.18 bits per heavy atom. The number of ketones is 1. The molecule has 0 saturated carbocycles. The van der Waals surface area contributed by atoms with Crippen LogP contribution in [0.4, 0.5) is 4.79 Å². The Morgan fingerprint density at radius 2 is 1.56 bits per heavy atom. The minimum absolute atomic E-state index is 0.0201. The lowest BCUT2D eigenvalue weighted by Gasteiger charge is -2.09. The standard InChI is InChI=1S/C29H26N2O9.CH4O3S/c1-37-26-14-19(7-11-24(26)34)5-9-22(32)16-23(33)10-6-20-8-12-25(27(15-20)38-2)40-29(36)39-18-31-13-3-4-21(17-31)28(30)35;1-5(2,3)4/h3-17H,18H2,1-2H3,(H3-,30,32,33,34,35);1H3,(H,2,3,4)/b10-6+;. The lowest BCUT2D eigenvalue weighted by atomic mass is 10.1. The monoisotopic (exact) mass is 642 g/mol. The second-order valence-electron chi connectivity index (χ2n) is 8.78. The van der Waals surface area contributed by atoms with Gasteiger partial charge < -0.3 is 39.4 Å². The van der Waals surface area contributed by atoms with E-state index in [0.717, 1.165) is 6.08 Å². The summed E-state index contributed by atoms with van der Waals surface area (Å²) in [5.41, 5.74) is 6.70. The van der Waals surface area contributed by atoms with E-state index in [9.17, 15) is 24.6 Å². The molecule has 3 aromatic rings. The number of hydrogen-bond donors (Lipinski definition) is 3. The summed E-state index contributed by atoms with van der Waals surface area (Å²) in [7, 11) is -1.11. The zero-order chi connectivity index (χ0) is 33.6. The average molecular weight is 643 g/mol. The van der Waals surface area contributed by atoms with Crippen molar-refractivity contribution in [3.05, 3.63) is 102 Å². The average Bonchev–Trinajstić information content (AvgIpc) is 2.98. The zero-order valence-electron chi connectivity index (χ0n) is 24.3. The largest absolute Gasteiger partial charge is 0.748 e. The number of pyridine rings is 1. The number of phenolic OH excluding ortho intramolecular Hbond substituents is 1. The molecule has 0 aliphatic heterocycles. The SMILES string of the molecule is COc1cc(/C=C/C(=O)C=C(O)/C=C/c2ccc(OC(=O)OC[n+]3cccc(C(N)=O)c3)c(OC)c2)ccc1O.CS(=O)(=O)[O-]. The highest BCUT2D eigenvalue weighted by molar-refractivity contribution is 7.84. The smallest absolute Gasteiger partial charge is 0.518 e. The second-order valence-corrected chi connectivity index (χ2v) is 10.2. The van der Waals surface area contributed by atoms with E-state index < -0.39 is 28.0 Å². The van der Waals surface area contributed by atoms with Gasteiger partial charge in [0.15, 0.2) is 41.2 Å². The van der Waals surface area contributed by atoms with E-state index in [4.69, 9.17) is 37.7 Å². The topological polar surface area (TPSA) is 216 Å². The number of primary amides is 1. The van der Waals surface area contributed by atoms with Crippen LogP contribution in [0.5, 0.6) is 23.0 Å². The third-order valence-corrected chi connectivity index (χ3v) is 5.24. The number of aromatic hydroxyl groups is 1. The maximum Gasteiger partial charge on any atom is 0.518 e. The summed E-state index contributed by atoms with van der Waals surface area (Å²) in [6.07, 6.45) is 9.27. The highest BCUT2D eigenvalue weighted by atomic mass is 32.2. The van der Waals surface area contributed by atoms with Gasteiger partial charge in [0.25, 0.3) is 12.6 Å². The molecule has 0 aliphatic carbocycles. The maximum absolute atomic E-state index is 12.2. The maximum atomic E-state index is 12.2. The first kappa shape index (κ1) is 35.5. The fourth-order valence-corrected chi connectivity index (χ4v) is 3.27. The van der Waals surface area contributed by atoms with Gasteiger partial charge in [-0.05, 0) is 53.6 Å². The van der Waals surface area contributed by atoms with Gasteiger partial charge in [0.1, 0.15) is 11.3 Å². The molecule has 0 spiro atoms. The molecule has 4 N–H and O–H groups in total. The molecule has 0 fully saturated rings. The van der Waals surface area contributed by atoms with Crippen LogP contribution >= 0.6 is 0 Å². The third kappa shape index (κ3) is 13.5. The minimum atomic E-state index is -3.92. The minimum Gasteiger partial charge on any atom is -0.748 e. The van der Waals surface area contributed by atoms with Gasteiger partial charge in [-0.15, -0.1) is 0 Å². The van der Waals surface area contributed by atoms with Crippen molar-refractivity contribution >= 4 is 40.1 Å². The van der Waals surface area contributed by atoms with Crippen molar-refractivity contribution in [3.63, 3.8) is 0 Å². The van der Waals surface area contributed by atoms with Gasteiger partial charge in [-0.1, -0.05) is 24.3 Å². The van der Waals surface area contributed by atoms with Crippen LogP contribution < -0.4 is 24.5 Å². The van der Waals surface area contributed by atoms with Crippen molar-refractivity contribution in [3.8, 4) is 23.0 Å². The lowest BCUT2D eigenvalue weighted by molar-refractivity contribution is -0.727. The van der Waals surface area contributed by atoms with Crippen LogP contribution in [0.2, 0.25) is 0 Å². The van der Waals surface area contributed by atoms with Crippen molar-refractivity contribution < 1.29 is 61.1 Å². The molecular weight excluding hydrogens is 612 g/mol. The Balaban J connectivity index is 0.00000130. The summed E-state index contributed by atoms with van der Waals surface area (Å²) < 4.78 is 49.2. The number of rotatable bonds is 11. The molecule has 1 amide bonds. The van der Waals surface area contributed by atoms with Gasteiger partial charge in [-0.2, -0.15) is 4.57 Å². The molecule has 0 radical (unpaired) electrons. The molecule has 2 aromatic carbocycles. The molecule has 0 saturated heterocycles. The quantitative estimate of drug-likeness (QED) is 0.0523. The van der Waals surface area contributed by atoms with Crippen molar-refractivity contribution in [1.82, 2.24) is 0 Å². The summed E-state index contributed by atoms with van der Waals surface area (Å²) in [5.74, 6) is -0.817. The van der Waals surface area contributed by atoms with E-state index in [1.54, 1.807) is 36.5 Å². The van der Waals surface area contributed by atoms with Crippen LogP contribution in [-0.4, -0.2) is 61.5 Å². The summed E-state index contributed by atoms with van der Waals surface area (Å²) in [5, 5.41) is 19.8. The Hall–Kier alpha value is -5.67. The van der Waals surface area contributed by atoms with Gasteiger partial charge in [-0.3, -0.25) is 9.59 Å². The lowest BCUT2D eigenvalue weighted by Crippen LogP contribution is -2.37. The predicted octanol–water partition coefficient (Wildman–Crippen LogP) is 2.87. The second kappa shape index (κ2) is 16.8. The van der Waals surface area contributed by atoms with E-state index in [-0.39, 0.29) is 41.1 Å². The van der Waals surface area contributed by atoms with E-state index in [1.807, 2.05) is 0 Å². The first-order chi connectivity index (χ1) is 21.2. The van der Waals surface area contributed by atoms with Crippen molar-refractivity contribution in [2.24, 2.45) is 5.73 Å². The van der Waals surface area contributed by atoms with Gasteiger partial charge in [0, 0.05) is 18.4 Å². The highest BCUT2D eigenvalue weighted by Crippen LogP contribution is 2.29. The summed E-state index contributed by atoms with van der Waals surface area (Å²) >= 11 is 0. The third-order valence-electron chi connectivity index (χ3n) is 5.24. The normalized spacial score (nSPS) is 11.4. The van der Waals surface area contributed by atoms with Crippen LogP contribution in [0.3, 0.4) is 0 Å². The van der Waals surface area contributed by atoms with Gasteiger partial charge in [-0.25, -0.2) is 13.2 Å². The van der Waals surface area contributed by atoms with Crippen LogP contribution in [0.1, 0.15) is 21.5 Å². The van der Waals surface area contributed by atoms with E-state index >= 15 is 0 Å². The van der Waals surface area contributed by atoms with E-state index in [1.165, 1.54) is 67.5 Å². The van der Waals surface area contributed by atoms with Gasteiger partial charge >= 0.3 is 6.16 Å². The number of hydrogen-bond acceptors (Lipinski definition) is 12. The molecule has 45 heavy (non-hydrogen) atoms. The molecule has 1 heterocycles. The van der Waals surface area contributed by atoms with Crippen molar-refractivity contribution in [2.75, 3.05) is 20.5 Å². The Kier molecular flexibility index (Phi) is 13.3. The van der Waals surface area contributed by atoms with Crippen LogP contribution in [-0.2, 0) is 26.4 Å². The van der Waals surface area contributed by atoms with Crippen LogP contribution in [0, 0.1) is 0 Å². The predicted molar refractivity (Wildman–Crippen MR) is 159 cm³/mol. The van der Waals surface area contributed by atoms with Gasteiger partial charge in [0.2, 0.25) is 0 Å². The number of methoxy groups -OCH3 is 2. The number of phenols is 1. The van der Waals surface area contributed by atoms with Crippen LogP contribution in [0.25, 0.3) is 12.2 Å². The molecular formula is C30H30N2O12S. The molecule has 15 heteroatoms. The van der Waals surface area contributed by atoms with Crippen LogP contribution in [0.15, 0.2) is 84.9 Å². The van der Waals surface area contributed by atoms with E-state index in [2.05, 4.69) is 0 Å². The first-order valence-corrected chi connectivity index (χ1v) is 14.4. The number of nitrogens with zero attached hydrogens (tertiary/aromatic N) is 1. The number of benzene rings is 2. The summed E-state index contributed by atoms with van der Waals surface area (Å²) in [6.45, 7) is -0.217. The van der Waals surface area contributed by atoms with E-state index in [0.29, 0.717) is 17.4 Å². The molecule has 3 rings (SSSR count). The van der Waals surface area contributed by atoms with Crippen molar-refractivity contribution in [2.45, 2.75) is 6.73 Å². The summed E-state index contributed by atoms with van der Waals surface area (Å²) in [6, 6.07) is 12.3. The molecule has 0 unspecified atom stereocenters. The number of aromatic nitrogens is 1. The number of nitrogens with two attached hydrogens (primary N) is 1. The number of carbonyl (C=O) groups is 3. The highest BCUT2D eigenvalue weighted by Gasteiger charge is 2.15. The number of aliphatic hydroxyl groups excluding tert-OH is 1. The fraction of sp³-hybridized carbons (Fsp3) is 0.133. The van der Waals surface area contributed by atoms with Gasteiger partial charge in [0.05, 0.1) is 24.3 Å². The molecule has 238 valence electrons. The number of ether oxygens (including phenoxy) is 4.